The van der Waals surface area contributed by atoms with Crippen molar-refractivity contribution < 1.29 is 14.6 Å². The molecule has 1 atom stereocenters. The Bertz CT molecular complexity index is 240. The highest BCUT2D eigenvalue weighted by Crippen LogP contribution is 2.20. The largest absolute Gasteiger partial charge is 0.394 e. The molecule has 0 aromatic rings. The van der Waals surface area contributed by atoms with Crippen LogP contribution in [0.15, 0.2) is 0 Å². The molecule has 1 rings (SSSR count). The van der Waals surface area contributed by atoms with E-state index in [1.807, 2.05) is 13.8 Å². The SMILES string of the molecule is CCNCC(C)C(=O)NC1(CO)CCOCC1. The first-order chi connectivity index (χ1) is 8.13. The number of hydrogen-bond donors (Lipinski definition) is 3. The molecule has 1 aliphatic heterocycles. The zero-order valence-corrected chi connectivity index (χ0v) is 10.8. The number of rotatable bonds is 6. The summed E-state index contributed by atoms with van der Waals surface area (Å²) in [4.78, 5) is 12.0. The zero-order valence-electron chi connectivity index (χ0n) is 10.8. The third-order valence-corrected chi connectivity index (χ3v) is 3.29. The number of carbonyl (C=O) groups excluding carboxylic acids is 1. The lowest BCUT2D eigenvalue weighted by Crippen LogP contribution is -2.56. The van der Waals surface area contributed by atoms with E-state index >= 15 is 0 Å². The van der Waals surface area contributed by atoms with Gasteiger partial charge >= 0.3 is 0 Å². The van der Waals surface area contributed by atoms with Gasteiger partial charge in [-0.3, -0.25) is 4.79 Å². The van der Waals surface area contributed by atoms with E-state index in [1.165, 1.54) is 0 Å². The molecular weight excluding hydrogens is 220 g/mol. The Balaban J connectivity index is 2.46. The van der Waals surface area contributed by atoms with Gasteiger partial charge in [-0.05, 0) is 19.4 Å². The number of aliphatic hydroxyl groups excluding tert-OH is 1. The smallest absolute Gasteiger partial charge is 0.224 e. The Hall–Kier alpha value is -0.650. The fourth-order valence-corrected chi connectivity index (χ4v) is 1.92. The molecule has 0 saturated carbocycles. The topological polar surface area (TPSA) is 70.6 Å². The number of carbonyl (C=O) groups is 1. The highest BCUT2D eigenvalue weighted by molar-refractivity contribution is 5.79. The van der Waals surface area contributed by atoms with Gasteiger partial charge in [-0.2, -0.15) is 0 Å². The standard InChI is InChI=1S/C12H24N2O3/c1-3-13-8-10(2)11(16)14-12(9-15)4-6-17-7-5-12/h10,13,15H,3-9H2,1-2H3,(H,14,16). The van der Waals surface area contributed by atoms with Gasteiger partial charge < -0.3 is 20.5 Å². The van der Waals surface area contributed by atoms with Gasteiger partial charge in [0.15, 0.2) is 0 Å². The lowest BCUT2D eigenvalue weighted by Gasteiger charge is -2.37. The number of hydrogen-bond acceptors (Lipinski definition) is 4. The molecular formula is C12H24N2O3. The second-order valence-corrected chi connectivity index (χ2v) is 4.75. The van der Waals surface area contributed by atoms with E-state index < -0.39 is 5.54 Å². The zero-order chi connectivity index (χ0) is 12.7. The monoisotopic (exact) mass is 244 g/mol. The van der Waals surface area contributed by atoms with Gasteiger partial charge in [0.2, 0.25) is 5.91 Å². The van der Waals surface area contributed by atoms with Gasteiger partial charge in [-0.25, -0.2) is 0 Å². The average molecular weight is 244 g/mol. The van der Waals surface area contributed by atoms with E-state index in [-0.39, 0.29) is 18.4 Å². The molecule has 5 nitrogen and oxygen atoms in total. The normalized spacial score (nSPS) is 20.9. The molecule has 17 heavy (non-hydrogen) atoms. The molecule has 0 aliphatic carbocycles. The van der Waals surface area contributed by atoms with Gasteiger partial charge in [0.1, 0.15) is 0 Å². The summed E-state index contributed by atoms with van der Waals surface area (Å²) in [6, 6.07) is 0. The number of ether oxygens (including phenoxy) is 1. The van der Waals surface area contributed by atoms with Crippen molar-refractivity contribution in [1.29, 1.82) is 0 Å². The van der Waals surface area contributed by atoms with Crippen LogP contribution in [0.3, 0.4) is 0 Å². The molecule has 3 N–H and O–H groups in total. The van der Waals surface area contributed by atoms with Crippen molar-refractivity contribution in [1.82, 2.24) is 10.6 Å². The Labute approximate surface area is 103 Å². The molecule has 1 heterocycles. The summed E-state index contributed by atoms with van der Waals surface area (Å²) >= 11 is 0. The van der Waals surface area contributed by atoms with Crippen molar-refractivity contribution in [2.24, 2.45) is 5.92 Å². The molecule has 0 radical (unpaired) electrons. The number of nitrogens with one attached hydrogen (secondary N) is 2. The van der Waals surface area contributed by atoms with Gasteiger partial charge in [0.25, 0.3) is 0 Å². The summed E-state index contributed by atoms with van der Waals surface area (Å²) < 4.78 is 5.26. The van der Waals surface area contributed by atoms with Crippen molar-refractivity contribution in [2.75, 3.05) is 32.9 Å². The molecule has 5 heteroatoms. The molecule has 1 saturated heterocycles. The minimum atomic E-state index is -0.476. The fourth-order valence-electron chi connectivity index (χ4n) is 1.92. The van der Waals surface area contributed by atoms with E-state index in [2.05, 4.69) is 10.6 Å². The van der Waals surface area contributed by atoms with Crippen LogP contribution in [0, 0.1) is 5.92 Å². The maximum Gasteiger partial charge on any atom is 0.224 e. The summed E-state index contributed by atoms with van der Waals surface area (Å²) in [6.45, 7) is 6.61. The maximum absolute atomic E-state index is 12.0. The highest BCUT2D eigenvalue weighted by Gasteiger charge is 2.34. The summed E-state index contributed by atoms with van der Waals surface area (Å²) in [5.74, 6) is -0.0804. The van der Waals surface area contributed by atoms with Crippen LogP contribution < -0.4 is 10.6 Å². The minimum Gasteiger partial charge on any atom is -0.394 e. The molecule has 1 fully saturated rings. The predicted molar refractivity (Wildman–Crippen MR) is 65.7 cm³/mol. The Kier molecular flexibility index (Phi) is 5.88. The van der Waals surface area contributed by atoms with Crippen LogP contribution in [0.5, 0.6) is 0 Å². The van der Waals surface area contributed by atoms with Crippen LogP contribution in [0.2, 0.25) is 0 Å². The summed E-state index contributed by atoms with van der Waals surface area (Å²) in [5, 5.41) is 15.6. The van der Waals surface area contributed by atoms with Crippen LogP contribution in [-0.4, -0.2) is 49.5 Å². The predicted octanol–water partition coefficient (Wildman–Crippen LogP) is -0.110. The summed E-state index contributed by atoms with van der Waals surface area (Å²) in [5.41, 5.74) is -0.476. The third kappa shape index (κ3) is 4.26. The van der Waals surface area contributed by atoms with E-state index in [0.717, 1.165) is 6.54 Å². The summed E-state index contributed by atoms with van der Waals surface area (Å²) in [6.07, 6.45) is 1.37. The first kappa shape index (κ1) is 14.4. The van der Waals surface area contributed by atoms with E-state index in [0.29, 0.717) is 32.6 Å². The third-order valence-electron chi connectivity index (χ3n) is 3.29. The lowest BCUT2D eigenvalue weighted by atomic mass is 9.90. The van der Waals surface area contributed by atoms with Crippen LogP contribution >= 0.6 is 0 Å². The van der Waals surface area contributed by atoms with E-state index in [9.17, 15) is 9.90 Å². The first-order valence-corrected chi connectivity index (χ1v) is 6.35. The number of amides is 1. The highest BCUT2D eigenvalue weighted by atomic mass is 16.5. The average Bonchev–Trinajstić information content (AvgIpc) is 2.36. The van der Waals surface area contributed by atoms with Crippen molar-refractivity contribution >= 4 is 5.91 Å². The molecule has 0 spiro atoms. The molecule has 0 aromatic carbocycles. The molecule has 0 bridgehead atoms. The Morgan fingerprint density at radius 2 is 2.12 bits per heavy atom. The van der Waals surface area contributed by atoms with Gasteiger partial charge in [-0.15, -0.1) is 0 Å². The van der Waals surface area contributed by atoms with Crippen LogP contribution in [0.1, 0.15) is 26.7 Å². The van der Waals surface area contributed by atoms with Crippen LogP contribution in [0.4, 0.5) is 0 Å². The van der Waals surface area contributed by atoms with Gasteiger partial charge in [0.05, 0.1) is 12.1 Å². The molecule has 1 amide bonds. The van der Waals surface area contributed by atoms with Gasteiger partial charge in [0, 0.05) is 25.7 Å². The second kappa shape index (κ2) is 6.93. The van der Waals surface area contributed by atoms with Crippen molar-refractivity contribution in [3.05, 3.63) is 0 Å². The van der Waals surface area contributed by atoms with Crippen molar-refractivity contribution in [2.45, 2.75) is 32.2 Å². The second-order valence-electron chi connectivity index (χ2n) is 4.75. The first-order valence-electron chi connectivity index (χ1n) is 6.35. The fraction of sp³-hybridized carbons (Fsp3) is 0.917. The van der Waals surface area contributed by atoms with Crippen LogP contribution in [-0.2, 0) is 9.53 Å². The minimum absolute atomic E-state index is 0.00176. The molecule has 1 aliphatic rings. The van der Waals surface area contributed by atoms with Crippen molar-refractivity contribution in [3.8, 4) is 0 Å². The lowest BCUT2D eigenvalue weighted by molar-refractivity contribution is -0.128. The Morgan fingerprint density at radius 1 is 1.47 bits per heavy atom. The Morgan fingerprint density at radius 3 is 2.65 bits per heavy atom. The molecule has 1 unspecified atom stereocenters. The van der Waals surface area contributed by atoms with Gasteiger partial charge in [-0.1, -0.05) is 13.8 Å². The molecule has 100 valence electrons. The number of aliphatic hydroxyl groups is 1. The molecule has 0 aromatic heterocycles. The van der Waals surface area contributed by atoms with E-state index in [1.54, 1.807) is 0 Å². The van der Waals surface area contributed by atoms with Crippen molar-refractivity contribution in [3.63, 3.8) is 0 Å². The van der Waals surface area contributed by atoms with Crippen LogP contribution in [0.25, 0.3) is 0 Å². The maximum atomic E-state index is 12.0. The summed E-state index contributed by atoms with van der Waals surface area (Å²) in [7, 11) is 0. The van der Waals surface area contributed by atoms with E-state index in [4.69, 9.17) is 4.74 Å². The quantitative estimate of drug-likeness (QED) is 0.610.